The first-order valence-electron chi connectivity index (χ1n) is 7.57. The van der Waals surface area contributed by atoms with Crippen LogP contribution in [-0.2, 0) is 26.2 Å². The smallest absolute Gasteiger partial charge is 0.263 e. The van der Waals surface area contributed by atoms with E-state index in [0.717, 1.165) is 0 Å². The first kappa shape index (κ1) is 33.4. The van der Waals surface area contributed by atoms with Gasteiger partial charge in [0.1, 0.15) is 0 Å². The summed E-state index contributed by atoms with van der Waals surface area (Å²) in [5.74, 6) is 0. The second-order valence-electron chi connectivity index (χ2n) is 5.78. The molecule has 0 nitrogen and oxygen atoms in total. The molecule has 0 aromatic heterocycles. The Bertz CT molecular complexity index is 524. The van der Waals surface area contributed by atoms with Crippen molar-refractivity contribution in [2.75, 3.05) is 0 Å². The van der Waals surface area contributed by atoms with Gasteiger partial charge in [-0.05, 0) is 0 Å². The first-order chi connectivity index (χ1) is 10.4. The Kier molecular flexibility index (Phi) is 23.4. The van der Waals surface area contributed by atoms with Crippen molar-refractivity contribution in [1.29, 1.82) is 0 Å². The Labute approximate surface area is 195 Å². The number of hydrogen-bond acceptors (Lipinski definition) is 0. The molecule has 1 aliphatic rings. The van der Waals surface area contributed by atoms with Gasteiger partial charge >= 0.3 is 26.2 Å². The van der Waals surface area contributed by atoms with E-state index < -0.39 is 0 Å². The number of hydrogen-bond donors (Lipinski definition) is 0. The summed E-state index contributed by atoms with van der Waals surface area (Å²) in [6.45, 7) is 10.9. The van der Waals surface area contributed by atoms with Crippen LogP contribution in [0.3, 0.4) is 0 Å². The van der Waals surface area contributed by atoms with Crippen molar-refractivity contribution >= 4 is 34.7 Å². The maximum Gasteiger partial charge on any atom is 3.00 e. The molecule has 0 N–H and O–H groups in total. The van der Waals surface area contributed by atoms with Gasteiger partial charge in [-0.15, -0.1) is 31.7 Å². The van der Waals surface area contributed by atoms with Crippen LogP contribution in [0.25, 0.3) is 0 Å². The summed E-state index contributed by atoms with van der Waals surface area (Å²) in [6, 6.07) is 25.0. The van der Waals surface area contributed by atoms with Gasteiger partial charge in [-0.2, -0.15) is 93.8 Å². The van der Waals surface area contributed by atoms with E-state index in [1.54, 1.807) is 0 Å². The fourth-order valence-electron chi connectivity index (χ4n) is 2.09. The second kappa shape index (κ2) is 18.2. The van der Waals surface area contributed by atoms with Gasteiger partial charge in [-0.3, -0.25) is 6.08 Å². The molecule has 0 heterocycles. The molecule has 0 amide bonds. The van der Waals surface area contributed by atoms with Crippen molar-refractivity contribution in [3.63, 3.8) is 0 Å². The largest absolute Gasteiger partial charge is 3.00 e. The molecule has 1 unspecified atom stereocenters. The topological polar surface area (TPSA) is 0 Å². The molecule has 1 aliphatic carbocycles. The molecule has 0 bridgehead atoms. The third kappa shape index (κ3) is 13.1. The van der Waals surface area contributed by atoms with Crippen LogP contribution >= 0.6 is 34.7 Å². The Morgan fingerprint density at radius 1 is 0.692 bits per heavy atom. The molecule has 141 valence electrons. The minimum Gasteiger partial charge on any atom is -0.263 e. The summed E-state index contributed by atoms with van der Waals surface area (Å²) < 4.78 is 0. The number of allylic oxidation sites excluding steroid dienone is 4. The van der Waals surface area contributed by atoms with Gasteiger partial charge in [0, 0.05) is 0 Å². The summed E-state index contributed by atoms with van der Waals surface area (Å²) in [6.07, 6.45) is 3.44. The molecule has 4 heteroatoms. The molecule has 0 fully saturated rings. The maximum absolute atomic E-state index is 3.44. The minimum absolute atomic E-state index is 0. The van der Waals surface area contributed by atoms with Gasteiger partial charge < -0.3 is 0 Å². The van der Waals surface area contributed by atoms with Crippen LogP contribution in [-0.4, -0.2) is 0 Å². The summed E-state index contributed by atoms with van der Waals surface area (Å²) >= 11 is 0. The second-order valence-corrected chi connectivity index (χ2v) is 5.78. The summed E-state index contributed by atoms with van der Waals surface area (Å²) in [7, 11) is 0. The number of halogens is 2. The average molecular weight is 488 g/mol. The van der Waals surface area contributed by atoms with E-state index in [1.807, 2.05) is 60.7 Å². The Hall–Kier alpha value is -0.187. The van der Waals surface area contributed by atoms with E-state index in [4.69, 9.17) is 0 Å². The standard InChI is InChI=1S/C10H15.2C6H5.2ClH.H3P.Zr/c1-7-6-10(4,5)9(3)8(7)2;2*1-2-4-6-5-3-1;;;;/h1-5H3;2*1-5H;2*1H;1H3;/q3*-1;;;;+3. The van der Waals surface area contributed by atoms with Gasteiger partial charge in [-0.1, -0.05) is 33.1 Å². The molecule has 26 heavy (non-hydrogen) atoms. The van der Waals surface area contributed by atoms with Crippen LogP contribution < -0.4 is 0 Å². The Balaban J connectivity index is -0.000000135. The third-order valence-corrected chi connectivity index (χ3v) is 3.78. The van der Waals surface area contributed by atoms with Crippen LogP contribution in [0, 0.1) is 23.6 Å². The van der Waals surface area contributed by atoms with E-state index in [1.165, 1.54) is 16.7 Å². The maximum atomic E-state index is 3.44. The van der Waals surface area contributed by atoms with E-state index >= 15 is 0 Å². The van der Waals surface area contributed by atoms with E-state index in [-0.39, 0.29) is 66.3 Å². The summed E-state index contributed by atoms with van der Waals surface area (Å²) in [5.41, 5.74) is 4.39. The van der Waals surface area contributed by atoms with Gasteiger partial charge in [0.05, 0.1) is 0 Å². The molecule has 0 aliphatic heterocycles. The van der Waals surface area contributed by atoms with Crippen molar-refractivity contribution in [2.45, 2.75) is 34.6 Å². The molecule has 1 atom stereocenters. The van der Waals surface area contributed by atoms with E-state index in [0.29, 0.717) is 0 Å². The summed E-state index contributed by atoms with van der Waals surface area (Å²) in [4.78, 5) is 0. The zero-order chi connectivity index (χ0) is 16.4. The van der Waals surface area contributed by atoms with E-state index in [9.17, 15) is 0 Å². The molecule has 2 aromatic carbocycles. The van der Waals surface area contributed by atoms with Gasteiger partial charge in [-0.25, -0.2) is 5.57 Å². The fraction of sp³-hybridized carbons (Fsp3) is 0.273. The Morgan fingerprint density at radius 2 is 1.04 bits per heavy atom. The van der Waals surface area contributed by atoms with Crippen LogP contribution in [0.1, 0.15) is 34.6 Å². The molecule has 0 saturated carbocycles. The SMILES string of the molecule is CC1=[C-]C(C)(C)C(C)=C1C.Cl.Cl.P.[Zr+3].[c-]1ccccc1.[c-]1ccccc1. The molecular weight excluding hydrogens is 457 g/mol. The molecule has 0 saturated heterocycles. The predicted molar refractivity (Wildman–Crippen MR) is 121 cm³/mol. The van der Waals surface area contributed by atoms with E-state index in [2.05, 4.69) is 52.8 Å². The Morgan fingerprint density at radius 3 is 1.12 bits per heavy atom. The fourth-order valence-corrected chi connectivity index (χ4v) is 2.09. The number of benzene rings is 2. The zero-order valence-electron chi connectivity index (χ0n) is 16.3. The zero-order valence-corrected chi connectivity index (χ0v) is 21.8. The average Bonchev–Trinajstić information content (AvgIpc) is 2.74. The van der Waals surface area contributed by atoms with Crippen LogP contribution in [0.4, 0.5) is 0 Å². The molecule has 3 rings (SSSR count). The molecule has 2 aromatic rings. The van der Waals surface area contributed by atoms with Crippen LogP contribution in [0.5, 0.6) is 0 Å². The van der Waals surface area contributed by atoms with Crippen molar-refractivity contribution in [1.82, 2.24) is 0 Å². The van der Waals surface area contributed by atoms with Gasteiger partial charge in [0.2, 0.25) is 0 Å². The molecule has 1 radical (unpaired) electrons. The monoisotopic (exact) mass is 485 g/mol. The molecule has 0 spiro atoms. The first-order valence-corrected chi connectivity index (χ1v) is 7.57. The van der Waals surface area contributed by atoms with Gasteiger partial charge in [0.15, 0.2) is 0 Å². The van der Waals surface area contributed by atoms with Crippen LogP contribution in [0.2, 0.25) is 0 Å². The van der Waals surface area contributed by atoms with Crippen molar-refractivity contribution in [2.24, 2.45) is 5.41 Å². The van der Waals surface area contributed by atoms with Crippen molar-refractivity contribution in [3.05, 3.63) is 95.6 Å². The van der Waals surface area contributed by atoms with Crippen LogP contribution in [0.15, 0.2) is 77.4 Å². The quantitative estimate of drug-likeness (QED) is 0.278. The third-order valence-electron chi connectivity index (χ3n) is 3.78. The number of rotatable bonds is 0. The molecular formula is C22H30Cl2PZr. The summed E-state index contributed by atoms with van der Waals surface area (Å²) in [5, 5.41) is 0. The van der Waals surface area contributed by atoms with Crippen molar-refractivity contribution < 1.29 is 26.2 Å². The normalized spacial score (nSPS) is 12.7. The predicted octanol–water partition coefficient (Wildman–Crippen LogP) is 6.98. The van der Waals surface area contributed by atoms with Crippen molar-refractivity contribution in [3.8, 4) is 0 Å². The van der Waals surface area contributed by atoms with Gasteiger partial charge in [0.25, 0.3) is 0 Å². The minimum atomic E-state index is 0.